The van der Waals surface area contributed by atoms with E-state index >= 15 is 0 Å². The Kier molecular flexibility index (Phi) is 21.1. The van der Waals surface area contributed by atoms with E-state index in [1.807, 2.05) is 48.5 Å². The molecule has 12 rings (SSSR count). The SMILES string of the molecule is CCC(C)(C)C(=O)OCC(=O)OCC(=O)OC1(C)C2CC3CC(C2)CC1C3.CCC(C)(C)C(=O)OCCOCC(=O)OC1(C)C2CC3CC(C2)CC1C3.CCC(C)(C)C(=O)OCCOCC(=O)OC1(CC)C2CC3CC(C2)CC1C3. The zero-order chi connectivity index (χ0) is 58.4. The van der Waals surface area contributed by atoms with Crippen molar-refractivity contribution in [2.45, 2.75) is 222 Å². The van der Waals surface area contributed by atoms with Gasteiger partial charge in [0, 0.05) is 0 Å². The maximum absolute atomic E-state index is 12.4. The van der Waals surface area contributed by atoms with Crippen molar-refractivity contribution in [1.82, 2.24) is 0 Å². The molecule has 12 bridgehead atoms. The monoisotopic (exact) mass is 1130 g/mol. The van der Waals surface area contributed by atoms with Crippen molar-refractivity contribution in [3.05, 3.63) is 0 Å². The third-order valence-electron chi connectivity index (χ3n) is 21.9. The van der Waals surface area contributed by atoms with Gasteiger partial charge in [0.25, 0.3) is 0 Å². The van der Waals surface area contributed by atoms with Crippen LogP contribution in [-0.2, 0) is 76.2 Å². The van der Waals surface area contributed by atoms with Gasteiger partial charge >= 0.3 is 41.8 Å². The van der Waals surface area contributed by atoms with Crippen LogP contribution < -0.4 is 0 Å². The van der Waals surface area contributed by atoms with Crippen molar-refractivity contribution in [2.75, 3.05) is 52.9 Å². The summed E-state index contributed by atoms with van der Waals surface area (Å²) in [5.74, 6) is 5.19. The normalized spacial score (nSPS) is 34.7. The Bertz CT molecular complexity index is 2090. The summed E-state index contributed by atoms with van der Waals surface area (Å²) >= 11 is 0. The summed E-state index contributed by atoms with van der Waals surface area (Å²) < 4.78 is 49.0. The highest BCUT2D eigenvalue weighted by molar-refractivity contribution is 5.81. The minimum absolute atomic E-state index is 0.0667. The predicted octanol–water partition coefficient (Wildman–Crippen LogP) is 11.1. The summed E-state index contributed by atoms with van der Waals surface area (Å²) in [4.78, 5) is 84.4. The molecule has 0 N–H and O–H groups in total. The number of carbonyl (C=O) groups excluding carboxylic acids is 7. The van der Waals surface area contributed by atoms with E-state index in [9.17, 15) is 33.6 Å². The fourth-order valence-corrected chi connectivity index (χ4v) is 16.2. The molecule has 12 aliphatic carbocycles. The Balaban J connectivity index is 0.000000173. The molecule has 0 aromatic carbocycles. The molecule has 12 aliphatic rings. The highest BCUT2D eigenvalue weighted by Gasteiger charge is 2.60. The topological polar surface area (TPSA) is 203 Å². The molecule has 0 aliphatic heterocycles. The first-order chi connectivity index (χ1) is 37.7. The third-order valence-corrected chi connectivity index (χ3v) is 21.9. The molecule has 0 atom stereocenters. The molecule has 12 fully saturated rings. The first kappa shape index (κ1) is 63.8. The summed E-state index contributed by atoms with van der Waals surface area (Å²) in [5, 5.41) is 0. The number of hydrogen-bond acceptors (Lipinski definition) is 16. The molecule has 0 heterocycles. The van der Waals surface area contributed by atoms with E-state index in [4.69, 9.17) is 42.6 Å². The quantitative estimate of drug-likeness (QED) is 0.0501. The van der Waals surface area contributed by atoms with Gasteiger partial charge in [-0.05, 0) is 248 Å². The zero-order valence-corrected chi connectivity index (χ0v) is 51.1. The molecule has 16 nitrogen and oxygen atoms in total. The number of hydrogen-bond donors (Lipinski definition) is 0. The third kappa shape index (κ3) is 14.9. The molecule has 80 heavy (non-hydrogen) atoms. The van der Waals surface area contributed by atoms with E-state index in [-0.39, 0.29) is 74.7 Å². The Hall–Kier alpha value is -3.79. The standard InChI is InChI=1S/C22H36O5.C21H32O6.C21H34O5/c1-5-21(3,4)20(24)26-8-7-25-14-19(23)27-22(6-2)17-10-15-9-16(12-17)13-18(22)11-15;1-5-20(2,3)19(24)26-11-17(22)25-12-18(23)27-21(4)15-7-13-6-14(9-15)10-16(21)8-13;1-5-20(2,3)19(23)25-7-6-24-13-18(22)26-21(4)16-9-14-8-15(11-16)12-17(21)10-14/h15-18H,5-14H2,1-4H3;13-16H,5-12H2,1-4H3;14-17H,5-13H2,1-4H3. The maximum atomic E-state index is 12.4. The number of carbonyl (C=O) groups is 7. The van der Waals surface area contributed by atoms with Crippen molar-refractivity contribution in [3.63, 3.8) is 0 Å². The van der Waals surface area contributed by atoms with Crippen LogP contribution in [0.3, 0.4) is 0 Å². The molecular formula is C64H102O16. The van der Waals surface area contributed by atoms with E-state index in [1.54, 1.807) is 13.8 Å². The van der Waals surface area contributed by atoms with Crippen LogP contribution in [0, 0.1) is 87.3 Å². The van der Waals surface area contributed by atoms with Crippen LogP contribution in [-0.4, -0.2) is 111 Å². The van der Waals surface area contributed by atoms with Crippen LogP contribution in [0.15, 0.2) is 0 Å². The molecule has 0 aromatic heterocycles. The van der Waals surface area contributed by atoms with E-state index in [2.05, 4.69) is 20.8 Å². The van der Waals surface area contributed by atoms with Gasteiger partial charge in [-0.3, -0.25) is 14.4 Å². The number of rotatable bonds is 24. The lowest BCUT2D eigenvalue weighted by molar-refractivity contribution is -0.214. The van der Waals surface area contributed by atoms with Gasteiger partial charge in [-0.15, -0.1) is 0 Å². The summed E-state index contributed by atoms with van der Waals surface area (Å²) in [6.45, 7) is 22.8. The van der Waals surface area contributed by atoms with Crippen molar-refractivity contribution in [3.8, 4) is 0 Å². The highest BCUT2D eigenvalue weighted by atomic mass is 16.6. The fourth-order valence-electron chi connectivity index (χ4n) is 16.2. The van der Waals surface area contributed by atoms with Crippen LogP contribution in [0.1, 0.15) is 205 Å². The van der Waals surface area contributed by atoms with Crippen LogP contribution in [0.5, 0.6) is 0 Å². The van der Waals surface area contributed by atoms with E-state index in [0.29, 0.717) is 41.9 Å². The molecule has 0 aromatic rings. The average Bonchev–Trinajstić information content (AvgIpc) is 3.41. The Morgan fingerprint density at radius 1 is 0.350 bits per heavy atom. The highest BCUT2D eigenvalue weighted by Crippen LogP contribution is 2.62. The van der Waals surface area contributed by atoms with Gasteiger partial charge in [-0.1, -0.05) is 27.7 Å². The molecule has 0 radical (unpaired) electrons. The van der Waals surface area contributed by atoms with Crippen LogP contribution in [0.25, 0.3) is 0 Å². The summed E-state index contributed by atoms with van der Waals surface area (Å²) in [6.07, 6.45) is 21.3. The second kappa shape index (κ2) is 26.4. The largest absolute Gasteiger partial charge is 0.463 e. The average molecular weight is 1130 g/mol. The summed E-state index contributed by atoms with van der Waals surface area (Å²) in [5.41, 5.74) is -2.63. The second-order valence-corrected chi connectivity index (χ2v) is 28.3. The van der Waals surface area contributed by atoms with Gasteiger partial charge in [-0.25, -0.2) is 19.2 Å². The van der Waals surface area contributed by atoms with Crippen LogP contribution in [0.4, 0.5) is 0 Å². The second-order valence-electron chi connectivity index (χ2n) is 28.3. The molecule has 0 unspecified atom stereocenters. The molecule has 12 saturated carbocycles. The zero-order valence-electron chi connectivity index (χ0n) is 51.1. The minimum Gasteiger partial charge on any atom is -0.463 e. The smallest absolute Gasteiger partial charge is 0.344 e. The van der Waals surface area contributed by atoms with Crippen molar-refractivity contribution < 1.29 is 76.2 Å². The van der Waals surface area contributed by atoms with Gasteiger partial charge in [-0.2, -0.15) is 0 Å². The van der Waals surface area contributed by atoms with Crippen molar-refractivity contribution >= 4 is 41.8 Å². The van der Waals surface area contributed by atoms with Crippen molar-refractivity contribution in [2.24, 2.45) is 87.3 Å². The number of esters is 7. The first-order valence-electron chi connectivity index (χ1n) is 31.2. The van der Waals surface area contributed by atoms with Crippen molar-refractivity contribution in [1.29, 1.82) is 0 Å². The Morgan fingerprint density at radius 2 is 0.637 bits per heavy atom. The Morgan fingerprint density at radius 3 is 0.963 bits per heavy atom. The molecular weight excluding hydrogens is 1020 g/mol. The predicted molar refractivity (Wildman–Crippen MR) is 297 cm³/mol. The van der Waals surface area contributed by atoms with Gasteiger partial charge in [0.2, 0.25) is 0 Å². The lowest BCUT2D eigenvalue weighted by atomic mass is 9.49. The number of ether oxygens (including phenoxy) is 9. The van der Waals surface area contributed by atoms with Crippen LogP contribution in [0.2, 0.25) is 0 Å². The molecule has 0 saturated heterocycles. The van der Waals surface area contributed by atoms with Crippen LogP contribution >= 0.6 is 0 Å². The molecule has 16 heteroatoms. The molecule has 0 spiro atoms. The Labute approximate surface area is 478 Å². The summed E-state index contributed by atoms with van der Waals surface area (Å²) in [6, 6.07) is 0. The molecule has 0 amide bonds. The minimum atomic E-state index is -0.734. The van der Waals surface area contributed by atoms with Gasteiger partial charge in [0.05, 0.1) is 29.5 Å². The lowest BCUT2D eigenvalue weighted by Crippen LogP contribution is -2.59. The summed E-state index contributed by atoms with van der Waals surface area (Å²) in [7, 11) is 0. The maximum Gasteiger partial charge on any atom is 0.344 e. The van der Waals surface area contributed by atoms with E-state index in [1.165, 1.54) is 70.6 Å². The van der Waals surface area contributed by atoms with Gasteiger partial charge < -0.3 is 42.6 Å². The van der Waals surface area contributed by atoms with E-state index < -0.39 is 53.0 Å². The van der Waals surface area contributed by atoms with E-state index in [0.717, 1.165) is 80.5 Å². The first-order valence-corrected chi connectivity index (χ1v) is 31.2. The molecule has 454 valence electrons. The van der Waals surface area contributed by atoms with Gasteiger partial charge in [0.15, 0.2) is 13.2 Å². The lowest BCUT2D eigenvalue weighted by Gasteiger charge is -2.60. The fraction of sp³-hybridized carbons (Fsp3) is 0.891. The van der Waals surface area contributed by atoms with Gasteiger partial charge in [0.1, 0.15) is 43.2 Å².